The molecule has 0 aliphatic rings. The molecule has 28 heavy (non-hydrogen) atoms. The van der Waals surface area contributed by atoms with Crippen LogP contribution in [0.2, 0.25) is 0 Å². The average Bonchev–Trinajstić information content (AvgIpc) is 2.69. The van der Waals surface area contributed by atoms with Crippen LogP contribution in [-0.4, -0.2) is 38.6 Å². The van der Waals surface area contributed by atoms with E-state index in [4.69, 9.17) is 0 Å². The van der Waals surface area contributed by atoms with Crippen molar-refractivity contribution in [2.24, 2.45) is 4.99 Å². The number of amides is 1. The molecule has 0 radical (unpaired) electrons. The van der Waals surface area contributed by atoms with Crippen molar-refractivity contribution in [2.45, 2.75) is 19.6 Å². The van der Waals surface area contributed by atoms with Gasteiger partial charge >= 0.3 is 6.61 Å². The van der Waals surface area contributed by atoms with Gasteiger partial charge in [-0.25, -0.2) is 0 Å². The summed E-state index contributed by atoms with van der Waals surface area (Å²) in [5, 5.41) is 8.68. The second-order valence-corrected chi connectivity index (χ2v) is 5.85. The van der Waals surface area contributed by atoms with E-state index in [1.54, 1.807) is 25.2 Å². The highest BCUT2D eigenvalue weighted by molar-refractivity contribution is 5.86. The minimum absolute atomic E-state index is 0.0453. The molecule has 2 aromatic rings. The third-order valence-electron chi connectivity index (χ3n) is 3.85. The van der Waals surface area contributed by atoms with Gasteiger partial charge in [-0.3, -0.25) is 9.79 Å². The molecule has 0 atom stereocenters. The van der Waals surface area contributed by atoms with E-state index in [2.05, 4.69) is 25.7 Å². The highest BCUT2D eigenvalue weighted by atomic mass is 19.3. The van der Waals surface area contributed by atoms with Crippen molar-refractivity contribution in [1.29, 1.82) is 0 Å². The predicted octanol–water partition coefficient (Wildman–Crippen LogP) is 2.31. The molecule has 0 aliphatic carbocycles. The van der Waals surface area contributed by atoms with E-state index in [0.29, 0.717) is 18.1 Å². The lowest BCUT2D eigenvalue weighted by Crippen LogP contribution is -2.43. The Hall–Kier alpha value is -3.16. The van der Waals surface area contributed by atoms with Crippen LogP contribution in [-0.2, 0) is 17.8 Å². The molecule has 150 valence electrons. The summed E-state index contributed by atoms with van der Waals surface area (Å²) < 4.78 is 29.4. The molecule has 0 fully saturated rings. The normalized spacial score (nSPS) is 11.2. The molecular formula is C20H24F2N4O2. The Bertz CT molecular complexity index is 770. The van der Waals surface area contributed by atoms with E-state index in [0.717, 1.165) is 12.0 Å². The lowest BCUT2D eigenvalue weighted by molar-refractivity contribution is -0.119. The van der Waals surface area contributed by atoms with Gasteiger partial charge in [-0.05, 0) is 18.1 Å². The number of nitrogens with one attached hydrogen (secondary N) is 3. The van der Waals surface area contributed by atoms with Gasteiger partial charge in [-0.15, -0.1) is 0 Å². The molecule has 2 rings (SSSR count). The van der Waals surface area contributed by atoms with Crippen LogP contribution in [0.1, 0.15) is 11.1 Å². The van der Waals surface area contributed by atoms with Crippen molar-refractivity contribution in [3.8, 4) is 5.75 Å². The maximum absolute atomic E-state index is 12.5. The maximum Gasteiger partial charge on any atom is 0.387 e. The summed E-state index contributed by atoms with van der Waals surface area (Å²) >= 11 is 0. The van der Waals surface area contributed by atoms with Crippen LogP contribution >= 0.6 is 0 Å². The van der Waals surface area contributed by atoms with E-state index < -0.39 is 6.61 Å². The number of benzene rings is 2. The number of guanidine groups is 1. The molecule has 1 amide bonds. The van der Waals surface area contributed by atoms with Crippen LogP contribution in [0.4, 0.5) is 8.78 Å². The van der Waals surface area contributed by atoms with Crippen LogP contribution in [0.3, 0.4) is 0 Å². The number of carbonyl (C=O) groups excluding carboxylic acids is 1. The van der Waals surface area contributed by atoms with E-state index in [9.17, 15) is 13.6 Å². The van der Waals surface area contributed by atoms with Crippen LogP contribution < -0.4 is 20.7 Å². The standard InChI is InChI=1S/C20H24F2N4O2/c1-23-20(25-13-16-9-5-6-10-17(16)28-19(21)22)26-14-18(27)24-12-11-15-7-3-2-4-8-15/h2-10,19H,11-14H2,1H3,(H,24,27)(H2,23,25,26). The van der Waals surface area contributed by atoms with Gasteiger partial charge in [0.25, 0.3) is 0 Å². The number of alkyl halides is 2. The molecule has 0 spiro atoms. The number of rotatable bonds is 9. The minimum atomic E-state index is -2.89. The minimum Gasteiger partial charge on any atom is -0.434 e. The highest BCUT2D eigenvalue weighted by Gasteiger charge is 2.10. The van der Waals surface area contributed by atoms with Gasteiger partial charge in [-0.1, -0.05) is 48.5 Å². The highest BCUT2D eigenvalue weighted by Crippen LogP contribution is 2.19. The fourth-order valence-corrected chi connectivity index (χ4v) is 2.48. The third kappa shape index (κ3) is 7.61. The Kier molecular flexibility index (Phi) is 8.71. The molecule has 0 heterocycles. The van der Waals surface area contributed by atoms with Crippen molar-refractivity contribution in [1.82, 2.24) is 16.0 Å². The summed E-state index contributed by atoms with van der Waals surface area (Å²) in [6, 6.07) is 16.4. The van der Waals surface area contributed by atoms with Gasteiger partial charge < -0.3 is 20.7 Å². The third-order valence-corrected chi connectivity index (χ3v) is 3.85. The smallest absolute Gasteiger partial charge is 0.387 e. The fraction of sp³-hybridized carbons (Fsp3) is 0.300. The second-order valence-electron chi connectivity index (χ2n) is 5.85. The van der Waals surface area contributed by atoms with Gasteiger partial charge in [0, 0.05) is 25.7 Å². The molecule has 8 heteroatoms. The van der Waals surface area contributed by atoms with E-state index in [-0.39, 0.29) is 24.7 Å². The molecule has 0 bridgehead atoms. The Morgan fingerprint density at radius 2 is 1.75 bits per heavy atom. The molecule has 0 aliphatic heterocycles. The first-order chi connectivity index (χ1) is 13.6. The summed E-state index contributed by atoms with van der Waals surface area (Å²) in [7, 11) is 1.56. The summed E-state index contributed by atoms with van der Waals surface area (Å²) in [5.74, 6) is 0.310. The molecule has 0 saturated carbocycles. The van der Waals surface area contributed by atoms with Crippen LogP contribution in [0.5, 0.6) is 5.75 Å². The number of hydrogen-bond acceptors (Lipinski definition) is 3. The topological polar surface area (TPSA) is 74.8 Å². The summed E-state index contributed by atoms with van der Waals surface area (Å²) in [6.07, 6.45) is 0.750. The molecule has 6 nitrogen and oxygen atoms in total. The summed E-state index contributed by atoms with van der Waals surface area (Å²) in [6.45, 7) is -2.09. The van der Waals surface area contributed by atoms with Crippen LogP contribution in [0.25, 0.3) is 0 Å². The zero-order chi connectivity index (χ0) is 20.2. The average molecular weight is 390 g/mol. The van der Waals surface area contributed by atoms with E-state index >= 15 is 0 Å². The number of carbonyl (C=O) groups is 1. The number of hydrogen-bond donors (Lipinski definition) is 3. The van der Waals surface area contributed by atoms with Gasteiger partial charge in [0.1, 0.15) is 5.75 Å². The number of aliphatic imine (C=N–C) groups is 1. The molecule has 2 aromatic carbocycles. The Morgan fingerprint density at radius 1 is 1.04 bits per heavy atom. The van der Waals surface area contributed by atoms with Gasteiger partial charge in [0.15, 0.2) is 5.96 Å². The van der Waals surface area contributed by atoms with Crippen molar-refractivity contribution in [3.63, 3.8) is 0 Å². The van der Waals surface area contributed by atoms with Crippen LogP contribution in [0, 0.1) is 0 Å². The van der Waals surface area contributed by atoms with E-state index in [1.165, 1.54) is 6.07 Å². The maximum atomic E-state index is 12.5. The Morgan fingerprint density at radius 3 is 2.46 bits per heavy atom. The Balaban J connectivity index is 1.73. The van der Waals surface area contributed by atoms with E-state index in [1.807, 2.05) is 30.3 Å². The molecule has 0 aromatic heterocycles. The monoisotopic (exact) mass is 390 g/mol. The summed E-state index contributed by atoms with van der Waals surface area (Å²) in [4.78, 5) is 16.0. The molecule has 3 N–H and O–H groups in total. The summed E-state index contributed by atoms with van der Waals surface area (Å²) in [5.41, 5.74) is 1.70. The molecular weight excluding hydrogens is 366 g/mol. The van der Waals surface area contributed by atoms with Crippen molar-refractivity contribution in [2.75, 3.05) is 20.1 Å². The van der Waals surface area contributed by atoms with Crippen molar-refractivity contribution in [3.05, 3.63) is 65.7 Å². The number of para-hydroxylation sites is 1. The van der Waals surface area contributed by atoms with Crippen molar-refractivity contribution >= 4 is 11.9 Å². The van der Waals surface area contributed by atoms with Gasteiger partial charge in [0.2, 0.25) is 5.91 Å². The number of nitrogens with zero attached hydrogens (tertiary/aromatic N) is 1. The number of halogens is 2. The molecule has 0 unspecified atom stereocenters. The largest absolute Gasteiger partial charge is 0.434 e. The second kappa shape index (κ2) is 11.5. The SMILES string of the molecule is CN=C(NCC(=O)NCCc1ccccc1)NCc1ccccc1OC(F)F. The predicted molar refractivity (Wildman–Crippen MR) is 104 cm³/mol. The van der Waals surface area contributed by atoms with Gasteiger partial charge in [-0.2, -0.15) is 8.78 Å². The zero-order valence-corrected chi connectivity index (χ0v) is 15.6. The first-order valence-corrected chi connectivity index (χ1v) is 8.86. The molecule has 0 saturated heterocycles. The van der Waals surface area contributed by atoms with Crippen molar-refractivity contribution < 1.29 is 18.3 Å². The Labute approximate surface area is 163 Å². The first kappa shape index (κ1) is 21.1. The fourth-order valence-electron chi connectivity index (χ4n) is 2.48. The lowest BCUT2D eigenvalue weighted by Gasteiger charge is -2.14. The zero-order valence-electron chi connectivity index (χ0n) is 15.6. The van der Waals surface area contributed by atoms with Crippen LogP contribution in [0.15, 0.2) is 59.6 Å². The lowest BCUT2D eigenvalue weighted by atomic mass is 10.1. The number of ether oxygens (including phenoxy) is 1. The first-order valence-electron chi connectivity index (χ1n) is 8.86. The van der Waals surface area contributed by atoms with Gasteiger partial charge in [0.05, 0.1) is 6.54 Å². The quantitative estimate of drug-likeness (QED) is 0.454.